The highest BCUT2D eigenvalue weighted by Gasteiger charge is 2.12. The van der Waals surface area contributed by atoms with Gasteiger partial charge >= 0.3 is 5.97 Å². The van der Waals surface area contributed by atoms with Crippen molar-refractivity contribution in [2.45, 2.75) is 0 Å². The van der Waals surface area contributed by atoms with Crippen LogP contribution in [0.4, 0.5) is 5.69 Å². The van der Waals surface area contributed by atoms with Crippen molar-refractivity contribution in [3.05, 3.63) is 58.3 Å². The number of nitrogens with one attached hydrogen (secondary N) is 2. The first-order chi connectivity index (χ1) is 11.5. The van der Waals surface area contributed by atoms with Gasteiger partial charge in [0.1, 0.15) is 0 Å². The Balaban J connectivity index is 1.58. The van der Waals surface area contributed by atoms with Gasteiger partial charge in [-0.15, -0.1) is 0 Å². The number of ether oxygens (including phenoxy) is 1. The molecule has 24 heavy (non-hydrogen) atoms. The minimum Gasteiger partial charge on any atom is -0.452 e. The Labute approximate surface area is 146 Å². The first-order valence-corrected chi connectivity index (χ1v) is 7.64. The molecule has 1 heterocycles. The number of benzene rings is 2. The highest BCUT2D eigenvalue weighted by molar-refractivity contribution is 6.42. The second-order valence-electron chi connectivity index (χ2n) is 4.89. The third-order valence-corrected chi connectivity index (χ3v) is 3.93. The van der Waals surface area contributed by atoms with Gasteiger partial charge in [0.05, 0.1) is 33.0 Å². The van der Waals surface area contributed by atoms with Crippen LogP contribution in [0.2, 0.25) is 10.0 Å². The predicted octanol–water partition coefficient (Wildman–Crippen LogP) is 3.67. The number of carbonyl (C=O) groups excluding carboxylic acids is 2. The van der Waals surface area contributed by atoms with Crippen LogP contribution in [0.25, 0.3) is 11.0 Å². The maximum absolute atomic E-state index is 12.0. The summed E-state index contributed by atoms with van der Waals surface area (Å²) in [6.07, 6.45) is 1.53. The summed E-state index contributed by atoms with van der Waals surface area (Å²) in [5.41, 5.74) is 2.24. The van der Waals surface area contributed by atoms with Gasteiger partial charge in [-0.1, -0.05) is 23.2 Å². The van der Waals surface area contributed by atoms with E-state index in [1.807, 2.05) is 0 Å². The van der Waals surface area contributed by atoms with E-state index in [4.69, 9.17) is 27.9 Å². The molecule has 0 spiro atoms. The monoisotopic (exact) mass is 363 g/mol. The third kappa shape index (κ3) is 3.67. The number of esters is 1. The van der Waals surface area contributed by atoms with Crippen LogP contribution >= 0.6 is 23.2 Å². The lowest BCUT2D eigenvalue weighted by Gasteiger charge is -2.07. The molecule has 0 unspecified atom stereocenters. The zero-order valence-electron chi connectivity index (χ0n) is 12.2. The molecule has 2 N–H and O–H groups in total. The Morgan fingerprint density at radius 3 is 2.75 bits per heavy atom. The van der Waals surface area contributed by atoms with Gasteiger partial charge in [-0.05, 0) is 36.4 Å². The fraction of sp³-hybridized carbons (Fsp3) is 0.0625. The molecule has 0 aliphatic carbocycles. The predicted molar refractivity (Wildman–Crippen MR) is 91.5 cm³/mol. The molecule has 8 heteroatoms. The lowest BCUT2D eigenvalue weighted by atomic mass is 10.2. The number of anilines is 1. The molecule has 122 valence electrons. The van der Waals surface area contributed by atoms with E-state index in [0.29, 0.717) is 26.8 Å². The molecule has 0 fully saturated rings. The van der Waals surface area contributed by atoms with E-state index in [0.717, 1.165) is 5.52 Å². The summed E-state index contributed by atoms with van der Waals surface area (Å²) in [4.78, 5) is 30.8. The number of rotatable bonds is 4. The van der Waals surface area contributed by atoms with Crippen molar-refractivity contribution >= 4 is 51.8 Å². The quantitative estimate of drug-likeness (QED) is 0.692. The van der Waals surface area contributed by atoms with Crippen LogP contribution in [0.5, 0.6) is 0 Å². The van der Waals surface area contributed by atoms with E-state index in [9.17, 15) is 9.59 Å². The van der Waals surface area contributed by atoms with E-state index < -0.39 is 18.5 Å². The van der Waals surface area contributed by atoms with Crippen LogP contribution in [-0.2, 0) is 9.53 Å². The lowest BCUT2D eigenvalue weighted by molar-refractivity contribution is -0.119. The number of amides is 1. The number of imidazole rings is 1. The number of aromatic amines is 1. The Hall–Kier alpha value is -2.57. The lowest BCUT2D eigenvalue weighted by Crippen LogP contribution is -2.20. The Kier molecular flexibility index (Phi) is 4.69. The minimum absolute atomic E-state index is 0.319. The Bertz CT molecular complexity index is 924. The molecule has 0 bridgehead atoms. The summed E-state index contributed by atoms with van der Waals surface area (Å²) >= 11 is 11.7. The van der Waals surface area contributed by atoms with Gasteiger partial charge in [-0.3, -0.25) is 4.79 Å². The van der Waals surface area contributed by atoms with Crippen LogP contribution in [0.15, 0.2) is 42.7 Å². The molecule has 0 saturated carbocycles. The molecule has 3 aromatic rings. The zero-order valence-corrected chi connectivity index (χ0v) is 13.7. The van der Waals surface area contributed by atoms with E-state index in [1.165, 1.54) is 12.4 Å². The van der Waals surface area contributed by atoms with Crippen molar-refractivity contribution in [1.29, 1.82) is 0 Å². The van der Waals surface area contributed by atoms with Crippen LogP contribution < -0.4 is 5.32 Å². The number of nitrogens with zero attached hydrogens (tertiary/aromatic N) is 1. The summed E-state index contributed by atoms with van der Waals surface area (Å²) in [7, 11) is 0. The molecule has 2 aromatic carbocycles. The second kappa shape index (κ2) is 6.90. The van der Waals surface area contributed by atoms with Crippen LogP contribution in [0.1, 0.15) is 10.4 Å². The second-order valence-corrected chi connectivity index (χ2v) is 5.70. The summed E-state index contributed by atoms with van der Waals surface area (Å²) in [5, 5.41) is 3.27. The third-order valence-electron chi connectivity index (χ3n) is 3.19. The summed E-state index contributed by atoms with van der Waals surface area (Å²) in [5.74, 6) is -1.08. The normalized spacial score (nSPS) is 10.6. The molecule has 0 saturated heterocycles. The number of hydrogen-bond acceptors (Lipinski definition) is 4. The number of carbonyl (C=O) groups is 2. The fourth-order valence-electron chi connectivity index (χ4n) is 2.05. The zero-order chi connectivity index (χ0) is 17.1. The molecular weight excluding hydrogens is 353 g/mol. The van der Waals surface area contributed by atoms with Gasteiger partial charge in [0.25, 0.3) is 5.91 Å². The SMILES string of the molecule is O=C(COC(=O)c1ccc2nc[nH]c2c1)Nc1ccc(Cl)c(Cl)c1. The van der Waals surface area contributed by atoms with Gasteiger partial charge in [-0.25, -0.2) is 9.78 Å². The molecule has 0 atom stereocenters. The standard InChI is InChI=1S/C16H11Cl2N3O3/c17-11-3-2-10(6-12(11)18)21-15(22)7-24-16(23)9-1-4-13-14(5-9)20-8-19-13/h1-6,8H,7H2,(H,19,20)(H,21,22). The van der Waals surface area contributed by atoms with E-state index in [-0.39, 0.29) is 0 Å². The molecule has 3 rings (SSSR count). The maximum Gasteiger partial charge on any atom is 0.338 e. The van der Waals surface area contributed by atoms with Gasteiger partial charge in [0.15, 0.2) is 6.61 Å². The number of hydrogen-bond donors (Lipinski definition) is 2. The Morgan fingerprint density at radius 1 is 1.12 bits per heavy atom. The Morgan fingerprint density at radius 2 is 1.96 bits per heavy atom. The van der Waals surface area contributed by atoms with E-state index >= 15 is 0 Å². The average Bonchev–Trinajstić information content (AvgIpc) is 3.03. The van der Waals surface area contributed by atoms with Crippen LogP contribution in [0.3, 0.4) is 0 Å². The van der Waals surface area contributed by atoms with Crippen molar-refractivity contribution in [2.24, 2.45) is 0 Å². The van der Waals surface area contributed by atoms with Crippen molar-refractivity contribution < 1.29 is 14.3 Å². The van der Waals surface area contributed by atoms with Gasteiger partial charge in [0.2, 0.25) is 0 Å². The molecule has 1 amide bonds. The minimum atomic E-state index is -0.601. The first kappa shape index (κ1) is 16.3. The summed E-state index contributed by atoms with van der Waals surface area (Å²) < 4.78 is 5.00. The highest BCUT2D eigenvalue weighted by atomic mass is 35.5. The largest absolute Gasteiger partial charge is 0.452 e. The highest BCUT2D eigenvalue weighted by Crippen LogP contribution is 2.24. The molecule has 0 radical (unpaired) electrons. The van der Waals surface area contributed by atoms with Crippen molar-refractivity contribution in [3.8, 4) is 0 Å². The molecule has 1 aromatic heterocycles. The van der Waals surface area contributed by atoms with Gasteiger partial charge in [0, 0.05) is 5.69 Å². The number of fused-ring (bicyclic) bond motifs is 1. The molecule has 0 aliphatic rings. The van der Waals surface area contributed by atoms with Crippen molar-refractivity contribution in [3.63, 3.8) is 0 Å². The number of aromatic nitrogens is 2. The van der Waals surface area contributed by atoms with Crippen molar-refractivity contribution in [1.82, 2.24) is 9.97 Å². The van der Waals surface area contributed by atoms with Gasteiger partial charge < -0.3 is 15.0 Å². The van der Waals surface area contributed by atoms with Gasteiger partial charge in [-0.2, -0.15) is 0 Å². The summed E-state index contributed by atoms with van der Waals surface area (Å²) in [6.45, 7) is -0.417. The molecule has 0 aliphatic heterocycles. The summed E-state index contributed by atoms with van der Waals surface area (Å²) in [6, 6.07) is 9.56. The van der Waals surface area contributed by atoms with Crippen LogP contribution in [0, 0.1) is 0 Å². The van der Waals surface area contributed by atoms with E-state index in [1.54, 1.807) is 30.3 Å². The number of H-pyrrole nitrogens is 1. The van der Waals surface area contributed by atoms with E-state index in [2.05, 4.69) is 15.3 Å². The average molecular weight is 364 g/mol. The molecule has 6 nitrogen and oxygen atoms in total. The molecular formula is C16H11Cl2N3O3. The fourth-order valence-corrected chi connectivity index (χ4v) is 2.35. The van der Waals surface area contributed by atoms with Crippen molar-refractivity contribution in [2.75, 3.05) is 11.9 Å². The number of halogens is 2. The first-order valence-electron chi connectivity index (χ1n) is 6.88. The maximum atomic E-state index is 12.0. The van der Waals surface area contributed by atoms with Crippen LogP contribution in [-0.4, -0.2) is 28.5 Å². The topological polar surface area (TPSA) is 84.1 Å². The smallest absolute Gasteiger partial charge is 0.338 e.